The molecule has 0 unspecified atom stereocenters. The SMILES string of the molecule is NC(=O)[C@@H]1CCCN(C(=O)COC(=O)c2ccccc2C(F)(F)F)C1. The lowest BCUT2D eigenvalue weighted by atomic mass is 9.97. The van der Waals surface area contributed by atoms with Crippen molar-refractivity contribution in [3.05, 3.63) is 35.4 Å². The lowest BCUT2D eigenvalue weighted by molar-refractivity contribution is -0.138. The van der Waals surface area contributed by atoms with Crippen molar-refractivity contribution in [3.8, 4) is 0 Å². The van der Waals surface area contributed by atoms with Gasteiger partial charge in [-0.15, -0.1) is 0 Å². The van der Waals surface area contributed by atoms with Gasteiger partial charge in [0.15, 0.2) is 6.61 Å². The van der Waals surface area contributed by atoms with Crippen LogP contribution in [0.1, 0.15) is 28.8 Å². The molecule has 1 aromatic rings. The molecule has 0 radical (unpaired) electrons. The zero-order valence-electron chi connectivity index (χ0n) is 13.2. The van der Waals surface area contributed by atoms with E-state index in [0.29, 0.717) is 19.4 Å². The number of halogens is 3. The molecule has 2 rings (SSSR count). The summed E-state index contributed by atoms with van der Waals surface area (Å²) in [5.41, 5.74) is 3.43. The molecule has 0 aromatic heterocycles. The fourth-order valence-corrected chi connectivity index (χ4v) is 2.64. The zero-order chi connectivity index (χ0) is 18.6. The van der Waals surface area contributed by atoms with E-state index in [0.717, 1.165) is 18.2 Å². The van der Waals surface area contributed by atoms with Gasteiger partial charge in [0, 0.05) is 13.1 Å². The van der Waals surface area contributed by atoms with Crippen LogP contribution >= 0.6 is 0 Å². The minimum Gasteiger partial charge on any atom is -0.452 e. The van der Waals surface area contributed by atoms with Crippen LogP contribution in [0.2, 0.25) is 0 Å². The highest BCUT2D eigenvalue weighted by atomic mass is 19.4. The summed E-state index contributed by atoms with van der Waals surface area (Å²) in [5.74, 6) is -2.80. The number of rotatable bonds is 4. The number of benzene rings is 1. The van der Waals surface area contributed by atoms with Crippen molar-refractivity contribution in [2.45, 2.75) is 19.0 Å². The second kappa shape index (κ2) is 7.54. The summed E-state index contributed by atoms with van der Waals surface area (Å²) in [6, 6.07) is 4.18. The fraction of sp³-hybridized carbons (Fsp3) is 0.438. The normalized spacial score (nSPS) is 17.9. The fourth-order valence-electron chi connectivity index (χ4n) is 2.64. The molecule has 2 N–H and O–H groups in total. The summed E-state index contributed by atoms with van der Waals surface area (Å²) in [6.45, 7) is -0.208. The maximum absolute atomic E-state index is 12.9. The van der Waals surface area contributed by atoms with Gasteiger partial charge in [-0.25, -0.2) is 4.79 Å². The first-order valence-corrected chi connectivity index (χ1v) is 7.60. The largest absolute Gasteiger partial charge is 0.452 e. The van der Waals surface area contributed by atoms with Gasteiger partial charge in [0.25, 0.3) is 5.91 Å². The Labute approximate surface area is 141 Å². The third kappa shape index (κ3) is 4.71. The molecule has 6 nitrogen and oxygen atoms in total. The van der Waals surface area contributed by atoms with E-state index in [1.165, 1.54) is 11.0 Å². The monoisotopic (exact) mass is 358 g/mol. The van der Waals surface area contributed by atoms with Crippen molar-refractivity contribution in [2.24, 2.45) is 11.7 Å². The Balaban J connectivity index is 1.99. The van der Waals surface area contributed by atoms with Gasteiger partial charge in [0.2, 0.25) is 5.91 Å². The van der Waals surface area contributed by atoms with Gasteiger partial charge in [-0.3, -0.25) is 9.59 Å². The number of carbonyl (C=O) groups is 3. The van der Waals surface area contributed by atoms with E-state index in [1.54, 1.807) is 0 Å². The predicted molar refractivity (Wildman–Crippen MR) is 80.2 cm³/mol. The Morgan fingerprint density at radius 1 is 1.24 bits per heavy atom. The smallest absolute Gasteiger partial charge is 0.417 e. The summed E-state index contributed by atoms with van der Waals surface area (Å²) < 4.78 is 43.4. The van der Waals surface area contributed by atoms with Gasteiger partial charge in [0.05, 0.1) is 17.0 Å². The molecule has 9 heteroatoms. The molecule has 1 aromatic carbocycles. The van der Waals surface area contributed by atoms with Crippen molar-refractivity contribution in [1.29, 1.82) is 0 Å². The number of esters is 1. The second-order valence-electron chi connectivity index (χ2n) is 5.70. The molecule has 25 heavy (non-hydrogen) atoms. The quantitative estimate of drug-likeness (QED) is 0.828. The first-order chi connectivity index (χ1) is 11.7. The second-order valence-corrected chi connectivity index (χ2v) is 5.70. The van der Waals surface area contributed by atoms with E-state index in [-0.39, 0.29) is 6.54 Å². The predicted octanol–water partition coefficient (Wildman–Crippen LogP) is 1.59. The van der Waals surface area contributed by atoms with Gasteiger partial charge in [-0.2, -0.15) is 13.2 Å². The van der Waals surface area contributed by atoms with E-state index in [4.69, 9.17) is 10.5 Å². The molecular formula is C16H17F3N2O4. The average Bonchev–Trinajstić information content (AvgIpc) is 2.58. The molecule has 2 amide bonds. The topological polar surface area (TPSA) is 89.7 Å². The molecule has 0 aliphatic carbocycles. The summed E-state index contributed by atoms with van der Waals surface area (Å²) in [5, 5.41) is 0. The Bertz CT molecular complexity index is 676. The Kier molecular flexibility index (Phi) is 5.66. The van der Waals surface area contributed by atoms with Crippen molar-refractivity contribution >= 4 is 17.8 Å². The minimum absolute atomic E-state index is 0.116. The van der Waals surface area contributed by atoms with Crippen molar-refractivity contribution in [1.82, 2.24) is 4.90 Å². The molecule has 1 saturated heterocycles. The van der Waals surface area contributed by atoms with E-state index in [2.05, 4.69) is 0 Å². The third-order valence-corrected chi connectivity index (χ3v) is 3.96. The zero-order valence-corrected chi connectivity index (χ0v) is 13.2. The molecule has 1 heterocycles. The summed E-state index contributed by atoms with van der Waals surface area (Å²) in [7, 11) is 0. The van der Waals surface area contributed by atoms with Gasteiger partial charge in [-0.05, 0) is 25.0 Å². The Morgan fingerprint density at radius 3 is 2.56 bits per heavy atom. The van der Waals surface area contributed by atoms with Gasteiger partial charge >= 0.3 is 12.1 Å². The number of alkyl halides is 3. The highest BCUT2D eigenvalue weighted by molar-refractivity contribution is 5.93. The van der Waals surface area contributed by atoms with Crippen LogP contribution in [0.3, 0.4) is 0 Å². The van der Waals surface area contributed by atoms with E-state index < -0.39 is 47.6 Å². The number of hydrogen-bond acceptors (Lipinski definition) is 4. The number of primary amides is 1. The van der Waals surface area contributed by atoms with Gasteiger partial charge in [-0.1, -0.05) is 12.1 Å². The molecule has 0 saturated carbocycles. The number of amides is 2. The lowest BCUT2D eigenvalue weighted by Crippen LogP contribution is -2.45. The molecule has 1 aliphatic heterocycles. The van der Waals surface area contributed by atoms with Crippen LogP contribution in [0.5, 0.6) is 0 Å². The Hall–Kier alpha value is -2.58. The van der Waals surface area contributed by atoms with Crippen LogP contribution < -0.4 is 5.73 Å². The number of ether oxygens (including phenoxy) is 1. The molecule has 1 fully saturated rings. The van der Waals surface area contributed by atoms with E-state index >= 15 is 0 Å². The number of piperidine rings is 1. The lowest BCUT2D eigenvalue weighted by Gasteiger charge is -2.31. The highest BCUT2D eigenvalue weighted by Gasteiger charge is 2.35. The first-order valence-electron chi connectivity index (χ1n) is 7.60. The maximum atomic E-state index is 12.9. The number of likely N-dealkylation sites (tertiary alicyclic amines) is 1. The molecule has 1 aliphatic rings. The van der Waals surface area contributed by atoms with E-state index in [9.17, 15) is 27.6 Å². The van der Waals surface area contributed by atoms with Crippen LogP contribution in [0.15, 0.2) is 24.3 Å². The van der Waals surface area contributed by atoms with Gasteiger partial charge in [0.1, 0.15) is 0 Å². The summed E-state index contributed by atoms with van der Waals surface area (Å²) in [6.07, 6.45) is -3.57. The van der Waals surface area contributed by atoms with Crippen LogP contribution in [0.4, 0.5) is 13.2 Å². The minimum atomic E-state index is -4.71. The maximum Gasteiger partial charge on any atom is 0.417 e. The standard InChI is InChI=1S/C16H17F3N2O4/c17-16(18,19)12-6-2-1-5-11(12)15(24)25-9-13(22)21-7-3-4-10(8-21)14(20)23/h1-2,5-6,10H,3-4,7-9H2,(H2,20,23)/t10-/m1/s1. The number of nitrogens with two attached hydrogens (primary N) is 1. The molecule has 0 bridgehead atoms. The van der Waals surface area contributed by atoms with Crippen molar-refractivity contribution in [2.75, 3.05) is 19.7 Å². The van der Waals surface area contributed by atoms with Crippen LogP contribution in [-0.2, 0) is 20.5 Å². The summed E-state index contributed by atoms with van der Waals surface area (Å²) in [4.78, 5) is 36.5. The van der Waals surface area contributed by atoms with Crippen molar-refractivity contribution < 1.29 is 32.3 Å². The molecule has 0 spiro atoms. The van der Waals surface area contributed by atoms with Crippen molar-refractivity contribution in [3.63, 3.8) is 0 Å². The summed E-state index contributed by atoms with van der Waals surface area (Å²) >= 11 is 0. The van der Waals surface area contributed by atoms with Crippen LogP contribution in [-0.4, -0.2) is 42.4 Å². The highest BCUT2D eigenvalue weighted by Crippen LogP contribution is 2.32. The van der Waals surface area contributed by atoms with E-state index in [1.807, 2.05) is 0 Å². The van der Waals surface area contributed by atoms with Crippen LogP contribution in [0.25, 0.3) is 0 Å². The third-order valence-electron chi connectivity index (χ3n) is 3.96. The Morgan fingerprint density at radius 2 is 1.92 bits per heavy atom. The molecule has 136 valence electrons. The number of hydrogen-bond donors (Lipinski definition) is 1. The number of carbonyl (C=O) groups excluding carboxylic acids is 3. The first kappa shape index (κ1) is 18.8. The van der Waals surface area contributed by atoms with Gasteiger partial charge < -0.3 is 15.4 Å². The van der Waals surface area contributed by atoms with Crippen LogP contribution in [0, 0.1) is 5.92 Å². The average molecular weight is 358 g/mol. The molecule has 1 atom stereocenters. The molecular weight excluding hydrogens is 341 g/mol. The number of nitrogens with zero attached hydrogens (tertiary/aromatic N) is 1.